The predicted molar refractivity (Wildman–Crippen MR) is 109 cm³/mol. The van der Waals surface area contributed by atoms with E-state index < -0.39 is 5.41 Å². The van der Waals surface area contributed by atoms with E-state index in [9.17, 15) is 9.18 Å². The number of fused-ring (bicyclic) bond motifs is 2. The van der Waals surface area contributed by atoms with Gasteiger partial charge >= 0.3 is 0 Å². The van der Waals surface area contributed by atoms with Gasteiger partial charge in [0.15, 0.2) is 11.5 Å². The van der Waals surface area contributed by atoms with E-state index in [0.717, 1.165) is 42.3 Å². The Labute approximate surface area is 168 Å². The van der Waals surface area contributed by atoms with E-state index in [2.05, 4.69) is 17.2 Å². The standard InChI is InChI=1S/C23H21FN2O3.H2/c1-22(4-5-22)19-9-13-8-15(11-16(24)20(13)26-19)25-21(27)23(6-7-23)14-2-3-17-18(10-14)29-12-28-17;/h2-3,8-11,26H,4-7,12H2,1H3,(H,25,27);1H. The molecule has 2 aliphatic carbocycles. The van der Waals surface area contributed by atoms with Crippen molar-refractivity contribution < 1.29 is 20.1 Å². The van der Waals surface area contributed by atoms with Crippen molar-refractivity contribution in [3.05, 3.63) is 53.5 Å². The van der Waals surface area contributed by atoms with Crippen molar-refractivity contribution in [2.24, 2.45) is 0 Å². The Morgan fingerprint density at radius 3 is 2.66 bits per heavy atom. The summed E-state index contributed by atoms with van der Waals surface area (Å²) in [7, 11) is 0. The predicted octanol–water partition coefficient (Wildman–Crippen LogP) is 5.00. The van der Waals surface area contributed by atoms with Crippen molar-refractivity contribution in [2.45, 2.75) is 43.4 Å². The van der Waals surface area contributed by atoms with Gasteiger partial charge in [-0.3, -0.25) is 4.79 Å². The highest BCUT2D eigenvalue weighted by Gasteiger charge is 2.51. The third-order valence-corrected chi connectivity index (χ3v) is 6.70. The summed E-state index contributed by atoms with van der Waals surface area (Å²) in [4.78, 5) is 16.3. The third-order valence-electron chi connectivity index (χ3n) is 6.70. The molecule has 2 saturated carbocycles. The van der Waals surface area contributed by atoms with E-state index in [-0.39, 0.29) is 25.4 Å². The van der Waals surface area contributed by atoms with Crippen molar-refractivity contribution in [2.75, 3.05) is 12.1 Å². The molecular formula is C23H23FN2O3. The van der Waals surface area contributed by atoms with Crippen molar-refractivity contribution >= 4 is 22.5 Å². The zero-order chi connectivity index (χ0) is 19.8. The summed E-state index contributed by atoms with van der Waals surface area (Å²) in [6.45, 7) is 2.38. The minimum Gasteiger partial charge on any atom is -0.454 e. The first-order valence-corrected chi connectivity index (χ1v) is 10.0. The fourth-order valence-electron chi connectivity index (χ4n) is 4.27. The summed E-state index contributed by atoms with van der Waals surface area (Å²) in [6, 6.07) is 10.9. The molecule has 0 spiro atoms. The quantitative estimate of drug-likeness (QED) is 0.654. The number of benzene rings is 2. The van der Waals surface area contributed by atoms with Gasteiger partial charge in [-0.05, 0) is 61.6 Å². The minimum atomic E-state index is -0.586. The molecule has 6 heteroatoms. The summed E-state index contributed by atoms with van der Waals surface area (Å²) in [5.41, 5.74) is 2.51. The van der Waals surface area contributed by atoms with Crippen LogP contribution in [0.5, 0.6) is 11.5 Å². The molecule has 150 valence electrons. The molecule has 6 rings (SSSR count). The lowest BCUT2D eigenvalue weighted by Crippen LogP contribution is -2.27. The van der Waals surface area contributed by atoms with Gasteiger partial charge in [-0.1, -0.05) is 13.0 Å². The van der Waals surface area contributed by atoms with Crippen molar-refractivity contribution in [3.8, 4) is 11.5 Å². The number of halogens is 1. The van der Waals surface area contributed by atoms with Crippen LogP contribution in [0.25, 0.3) is 10.9 Å². The van der Waals surface area contributed by atoms with Crippen LogP contribution in [0.15, 0.2) is 36.4 Å². The third kappa shape index (κ3) is 2.55. The molecule has 2 heterocycles. The monoisotopic (exact) mass is 394 g/mol. The topological polar surface area (TPSA) is 63.4 Å². The molecule has 3 aromatic rings. The van der Waals surface area contributed by atoms with Gasteiger partial charge in [0.25, 0.3) is 0 Å². The van der Waals surface area contributed by atoms with Crippen LogP contribution in [-0.4, -0.2) is 17.7 Å². The smallest absolute Gasteiger partial charge is 0.235 e. The van der Waals surface area contributed by atoms with Crippen LogP contribution in [0.3, 0.4) is 0 Å². The van der Waals surface area contributed by atoms with Crippen LogP contribution in [-0.2, 0) is 15.6 Å². The Hall–Kier alpha value is -3.02. The Kier molecular flexibility index (Phi) is 3.22. The molecule has 1 aromatic heterocycles. The van der Waals surface area contributed by atoms with Gasteiger partial charge in [0.05, 0.1) is 10.9 Å². The number of H-pyrrole nitrogens is 1. The van der Waals surface area contributed by atoms with Crippen LogP contribution in [0.4, 0.5) is 10.1 Å². The minimum absolute atomic E-state index is 0. The van der Waals surface area contributed by atoms with Crippen LogP contribution in [0, 0.1) is 5.82 Å². The molecule has 2 fully saturated rings. The maximum Gasteiger partial charge on any atom is 0.235 e. The first-order valence-electron chi connectivity index (χ1n) is 10.0. The van der Waals surface area contributed by atoms with Gasteiger partial charge in [0, 0.05) is 23.6 Å². The number of nitrogens with one attached hydrogen (secondary N) is 2. The molecule has 5 nitrogen and oxygen atoms in total. The molecule has 3 aliphatic rings. The van der Waals surface area contributed by atoms with Crippen molar-refractivity contribution in [1.82, 2.24) is 4.98 Å². The second-order valence-electron chi connectivity index (χ2n) is 8.77. The van der Waals surface area contributed by atoms with E-state index in [1.54, 1.807) is 0 Å². The number of rotatable bonds is 4. The van der Waals surface area contributed by atoms with Gasteiger partial charge in [-0.15, -0.1) is 0 Å². The number of hydrogen-bond donors (Lipinski definition) is 2. The molecule has 0 unspecified atom stereocenters. The Balaban J connectivity index is 0.00000193. The maximum absolute atomic E-state index is 14.7. The van der Waals surface area contributed by atoms with Crippen LogP contribution in [0.1, 0.15) is 45.3 Å². The molecule has 0 radical (unpaired) electrons. The Morgan fingerprint density at radius 2 is 1.90 bits per heavy atom. The average Bonchev–Trinajstić information content (AvgIpc) is 3.56. The Morgan fingerprint density at radius 1 is 1.10 bits per heavy atom. The highest BCUT2D eigenvalue weighted by atomic mass is 19.1. The average molecular weight is 394 g/mol. The number of anilines is 1. The molecule has 0 bridgehead atoms. The van der Waals surface area contributed by atoms with Gasteiger partial charge in [-0.25, -0.2) is 4.39 Å². The number of amides is 1. The highest BCUT2D eigenvalue weighted by Crippen LogP contribution is 2.51. The lowest BCUT2D eigenvalue weighted by molar-refractivity contribution is -0.118. The van der Waals surface area contributed by atoms with Gasteiger partial charge in [-0.2, -0.15) is 0 Å². The summed E-state index contributed by atoms with van der Waals surface area (Å²) < 4.78 is 25.5. The normalized spacial score (nSPS) is 19.9. The van der Waals surface area contributed by atoms with Crippen LogP contribution in [0.2, 0.25) is 0 Å². The zero-order valence-corrected chi connectivity index (χ0v) is 16.1. The SMILES string of the molecule is CC1(c2cc3cc(NC(=O)C4(c5ccc6c(c5)OCO6)CC4)cc(F)c3[nH]2)CC1.[HH]. The second-order valence-corrected chi connectivity index (χ2v) is 8.77. The van der Waals surface area contributed by atoms with E-state index in [1.807, 2.05) is 30.3 Å². The second kappa shape index (κ2) is 5.53. The van der Waals surface area contributed by atoms with Crippen LogP contribution >= 0.6 is 0 Å². The molecule has 29 heavy (non-hydrogen) atoms. The van der Waals surface area contributed by atoms with E-state index in [1.165, 1.54) is 6.07 Å². The first kappa shape index (κ1) is 16.9. The molecule has 0 saturated heterocycles. The van der Waals surface area contributed by atoms with E-state index in [4.69, 9.17) is 9.47 Å². The number of carbonyl (C=O) groups excluding carboxylic acids is 1. The molecular weight excluding hydrogens is 371 g/mol. The maximum atomic E-state index is 14.7. The molecule has 2 aromatic carbocycles. The lowest BCUT2D eigenvalue weighted by Gasteiger charge is -2.16. The summed E-state index contributed by atoms with van der Waals surface area (Å²) in [6.07, 6.45) is 3.75. The van der Waals surface area contributed by atoms with E-state index >= 15 is 0 Å². The van der Waals surface area contributed by atoms with Crippen molar-refractivity contribution in [3.63, 3.8) is 0 Å². The number of hydrogen-bond acceptors (Lipinski definition) is 3. The largest absolute Gasteiger partial charge is 0.454 e. The van der Waals surface area contributed by atoms with Gasteiger partial charge in [0.1, 0.15) is 5.82 Å². The number of ether oxygens (including phenoxy) is 2. The fourth-order valence-corrected chi connectivity index (χ4v) is 4.27. The number of aromatic amines is 1. The summed E-state index contributed by atoms with van der Waals surface area (Å²) in [5.74, 6) is 0.911. The lowest BCUT2D eigenvalue weighted by atomic mass is 9.94. The van der Waals surface area contributed by atoms with E-state index in [0.29, 0.717) is 22.7 Å². The summed E-state index contributed by atoms with van der Waals surface area (Å²) >= 11 is 0. The zero-order valence-electron chi connectivity index (χ0n) is 16.1. The van der Waals surface area contributed by atoms with Crippen LogP contribution < -0.4 is 14.8 Å². The molecule has 1 aliphatic heterocycles. The number of carbonyl (C=O) groups is 1. The summed E-state index contributed by atoms with van der Waals surface area (Å²) in [5, 5.41) is 3.73. The first-order chi connectivity index (χ1) is 14.0. The highest BCUT2D eigenvalue weighted by molar-refractivity contribution is 6.02. The van der Waals surface area contributed by atoms with Crippen molar-refractivity contribution in [1.29, 1.82) is 0 Å². The Bertz CT molecular complexity index is 1180. The fraction of sp³-hybridized carbons (Fsp3) is 0.348. The number of aromatic nitrogens is 1. The molecule has 0 atom stereocenters. The van der Waals surface area contributed by atoms with Gasteiger partial charge in [0.2, 0.25) is 12.7 Å². The molecule has 2 N–H and O–H groups in total. The molecule has 1 amide bonds. The van der Waals surface area contributed by atoms with Gasteiger partial charge < -0.3 is 19.8 Å².